The van der Waals surface area contributed by atoms with Crippen LogP contribution in [0.4, 0.5) is 4.79 Å². The molecule has 0 saturated carbocycles. The van der Waals surface area contributed by atoms with Crippen LogP contribution >= 0.6 is 28.7 Å². The van der Waals surface area contributed by atoms with Crippen molar-refractivity contribution < 1.29 is 19.0 Å². The first-order valence-electron chi connectivity index (χ1n) is 9.73. The lowest BCUT2D eigenvalue weighted by Crippen LogP contribution is -2.44. The molecule has 1 aliphatic heterocycles. The van der Waals surface area contributed by atoms with E-state index in [4.69, 9.17) is 14.2 Å². The van der Waals surface area contributed by atoms with Gasteiger partial charge in [0.05, 0.1) is 30.7 Å². The highest BCUT2D eigenvalue weighted by molar-refractivity contribution is 9.10. The van der Waals surface area contributed by atoms with Gasteiger partial charge in [0, 0.05) is 17.3 Å². The number of H-pyrrole nitrogens is 1. The Morgan fingerprint density at radius 1 is 1.37 bits per heavy atom. The molecule has 1 amide bonds. The molecule has 164 valence electrons. The lowest BCUT2D eigenvalue weighted by molar-refractivity contribution is -0.166. The molecular weight excluding hydrogens is 474 g/mol. The number of amides is 1. The summed E-state index contributed by atoms with van der Waals surface area (Å²) in [6, 6.07) is 5.37. The van der Waals surface area contributed by atoms with Crippen LogP contribution in [0.25, 0.3) is 10.9 Å². The summed E-state index contributed by atoms with van der Waals surface area (Å²) in [5.41, 5.74) is -0.152. The minimum absolute atomic E-state index is 0.125. The summed E-state index contributed by atoms with van der Waals surface area (Å²) in [6.45, 7) is 6.38. The van der Waals surface area contributed by atoms with E-state index in [1.165, 1.54) is 4.31 Å². The average Bonchev–Trinajstić information content (AvgIpc) is 3.08. The zero-order valence-electron chi connectivity index (χ0n) is 17.2. The normalized spacial score (nSPS) is 16.0. The predicted molar refractivity (Wildman–Crippen MR) is 120 cm³/mol. The van der Waals surface area contributed by atoms with E-state index in [9.17, 15) is 9.59 Å². The second kappa shape index (κ2) is 9.25. The SMILES string of the molecule is CC(C)(C)OC(=O)N(S)CC1(CCCc2nc3cc(Br)ccc3c(=O)[nH]2)OCCO1. The highest BCUT2D eigenvalue weighted by Crippen LogP contribution is 2.28. The lowest BCUT2D eigenvalue weighted by atomic mass is 10.1. The van der Waals surface area contributed by atoms with Crippen LogP contribution in [0.15, 0.2) is 27.5 Å². The number of halogens is 1. The quantitative estimate of drug-likeness (QED) is 0.586. The number of aromatic amines is 1. The summed E-state index contributed by atoms with van der Waals surface area (Å²) in [4.78, 5) is 31.9. The Labute approximate surface area is 189 Å². The number of thiol groups is 1. The van der Waals surface area contributed by atoms with Crippen LogP contribution in [-0.4, -0.2) is 51.5 Å². The standard InChI is InChI=1S/C20H26BrN3O5S/c1-19(2,3)29-18(26)24(30)12-20(27-9-10-28-20)8-4-5-16-22-15-11-13(21)6-7-14(15)17(25)23-16/h6-7,11,30H,4-5,8-10,12H2,1-3H3,(H,22,23,25). The monoisotopic (exact) mass is 499 g/mol. The van der Waals surface area contributed by atoms with Crippen LogP contribution in [0, 0.1) is 0 Å². The second-order valence-electron chi connectivity index (χ2n) is 8.17. The van der Waals surface area contributed by atoms with E-state index in [-0.39, 0.29) is 12.1 Å². The Morgan fingerprint density at radius 2 is 2.07 bits per heavy atom. The van der Waals surface area contributed by atoms with Crippen molar-refractivity contribution >= 4 is 45.7 Å². The number of carbonyl (C=O) groups excluding carboxylic acids is 1. The molecule has 1 N–H and O–H groups in total. The Bertz CT molecular complexity index is 969. The molecule has 0 unspecified atom stereocenters. The van der Waals surface area contributed by atoms with Crippen molar-refractivity contribution in [2.24, 2.45) is 0 Å². The number of benzene rings is 1. The Kier molecular flexibility index (Phi) is 7.11. The summed E-state index contributed by atoms with van der Waals surface area (Å²) >= 11 is 7.66. The maximum Gasteiger partial charge on any atom is 0.420 e. The molecule has 2 heterocycles. The van der Waals surface area contributed by atoms with Crippen LogP contribution in [0.5, 0.6) is 0 Å². The third kappa shape index (κ3) is 5.96. The van der Waals surface area contributed by atoms with Gasteiger partial charge < -0.3 is 19.2 Å². The van der Waals surface area contributed by atoms with Crippen LogP contribution in [0.3, 0.4) is 0 Å². The fourth-order valence-electron chi connectivity index (χ4n) is 3.22. The third-order valence-corrected chi connectivity index (χ3v) is 5.30. The molecule has 3 rings (SSSR count). The van der Waals surface area contributed by atoms with Crippen molar-refractivity contribution in [3.05, 3.63) is 38.9 Å². The summed E-state index contributed by atoms with van der Waals surface area (Å²) in [7, 11) is 0. The molecular formula is C20H26BrN3O5S. The number of ether oxygens (including phenoxy) is 3. The summed E-state index contributed by atoms with van der Waals surface area (Å²) < 4.78 is 19.0. The van der Waals surface area contributed by atoms with Crippen LogP contribution in [0.2, 0.25) is 0 Å². The van der Waals surface area contributed by atoms with Crippen LogP contribution in [0.1, 0.15) is 39.4 Å². The van der Waals surface area contributed by atoms with Crippen molar-refractivity contribution in [3.63, 3.8) is 0 Å². The molecule has 0 bridgehead atoms. The maximum absolute atomic E-state index is 12.3. The zero-order chi connectivity index (χ0) is 21.9. The van der Waals surface area contributed by atoms with Gasteiger partial charge in [-0.15, -0.1) is 0 Å². The number of nitrogens with zero attached hydrogens (tertiary/aromatic N) is 2. The van der Waals surface area contributed by atoms with Crippen LogP contribution < -0.4 is 5.56 Å². The van der Waals surface area contributed by atoms with Crippen LogP contribution in [-0.2, 0) is 20.6 Å². The number of rotatable bonds is 6. The first kappa shape index (κ1) is 23.1. The minimum atomic E-state index is -0.959. The lowest BCUT2D eigenvalue weighted by Gasteiger charge is -2.32. The molecule has 1 aromatic carbocycles. The third-order valence-electron chi connectivity index (χ3n) is 4.50. The number of fused-ring (bicyclic) bond motifs is 1. The van der Waals surface area contributed by atoms with E-state index in [0.29, 0.717) is 49.2 Å². The van der Waals surface area contributed by atoms with Crippen molar-refractivity contribution in [3.8, 4) is 0 Å². The van der Waals surface area contributed by atoms with Gasteiger partial charge in [-0.05, 0) is 45.4 Å². The average molecular weight is 500 g/mol. The van der Waals surface area contributed by atoms with Gasteiger partial charge in [-0.1, -0.05) is 28.7 Å². The van der Waals surface area contributed by atoms with E-state index in [1.54, 1.807) is 26.8 Å². The van der Waals surface area contributed by atoms with Gasteiger partial charge in [-0.3, -0.25) is 4.79 Å². The fraction of sp³-hybridized carbons (Fsp3) is 0.550. The second-order valence-corrected chi connectivity index (χ2v) is 9.57. The zero-order valence-corrected chi connectivity index (χ0v) is 19.7. The number of carbonyl (C=O) groups is 1. The molecule has 0 aliphatic carbocycles. The smallest absolute Gasteiger partial charge is 0.420 e. The Hall–Kier alpha value is -1.62. The largest absolute Gasteiger partial charge is 0.443 e. The first-order chi connectivity index (χ1) is 14.1. The molecule has 0 spiro atoms. The molecule has 1 aromatic heterocycles. The van der Waals surface area contributed by atoms with E-state index < -0.39 is 17.5 Å². The van der Waals surface area contributed by atoms with Gasteiger partial charge >= 0.3 is 6.09 Å². The number of hydrogen-bond donors (Lipinski definition) is 2. The number of nitrogens with one attached hydrogen (secondary N) is 1. The molecule has 8 nitrogen and oxygen atoms in total. The van der Waals surface area contributed by atoms with Gasteiger partial charge in [0.2, 0.25) is 0 Å². The van der Waals surface area contributed by atoms with Gasteiger partial charge in [0.15, 0.2) is 5.79 Å². The predicted octanol–water partition coefficient (Wildman–Crippen LogP) is 3.83. The van der Waals surface area contributed by atoms with Gasteiger partial charge in [-0.2, -0.15) is 0 Å². The number of aryl methyl sites for hydroxylation is 1. The van der Waals surface area contributed by atoms with E-state index in [2.05, 4.69) is 38.7 Å². The van der Waals surface area contributed by atoms with E-state index >= 15 is 0 Å². The fourth-order valence-corrected chi connectivity index (χ4v) is 3.83. The van der Waals surface area contributed by atoms with Crippen molar-refractivity contribution in [2.75, 3.05) is 19.8 Å². The van der Waals surface area contributed by atoms with Crippen molar-refractivity contribution in [1.82, 2.24) is 14.3 Å². The summed E-state index contributed by atoms with van der Waals surface area (Å²) in [6.07, 6.45) is 1.12. The molecule has 1 saturated heterocycles. The first-order valence-corrected chi connectivity index (χ1v) is 10.9. The van der Waals surface area contributed by atoms with Gasteiger partial charge in [0.1, 0.15) is 11.4 Å². The topological polar surface area (TPSA) is 93.8 Å². The molecule has 2 aromatic rings. The minimum Gasteiger partial charge on any atom is -0.443 e. The number of aromatic nitrogens is 2. The summed E-state index contributed by atoms with van der Waals surface area (Å²) in [5.74, 6) is -0.368. The van der Waals surface area contributed by atoms with Crippen molar-refractivity contribution in [1.29, 1.82) is 0 Å². The highest BCUT2D eigenvalue weighted by Gasteiger charge is 2.39. The van der Waals surface area contributed by atoms with E-state index in [0.717, 1.165) is 4.47 Å². The summed E-state index contributed by atoms with van der Waals surface area (Å²) in [5, 5.41) is 0.545. The highest BCUT2D eigenvalue weighted by atomic mass is 79.9. The molecule has 10 heteroatoms. The number of hydrogen-bond acceptors (Lipinski definition) is 7. The molecule has 1 aliphatic rings. The molecule has 0 radical (unpaired) electrons. The molecule has 0 atom stereocenters. The Morgan fingerprint density at radius 3 is 2.73 bits per heavy atom. The van der Waals surface area contributed by atoms with E-state index in [1.807, 2.05) is 12.1 Å². The van der Waals surface area contributed by atoms with Crippen molar-refractivity contribution in [2.45, 2.75) is 51.4 Å². The van der Waals surface area contributed by atoms with Gasteiger partial charge in [0.25, 0.3) is 5.56 Å². The Balaban J connectivity index is 1.64. The maximum atomic E-state index is 12.3. The van der Waals surface area contributed by atoms with Gasteiger partial charge in [-0.25, -0.2) is 14.1 Å². The molecule has 1 fully saturated rings. The molecule has 30 heavy (non-hydrogen) atoms.